The van der Waals surface area contributed by atoms with Gasteiger partial charge in [-0.1, -0.05) is 6.07 Å². The Morgan fingerprint density at radius 1 is 1.25 bits per heavy atom. The average Bonchev–Trinajstić information content (AvgIpc) is 2.60. The Morgan fingerprint density at radius 3 is 2.58 bits per heavy atom. The van der Waals surface area contributed by atoms with E-state index in [-0.39, 0.29) is 12.2 Å². The molecule has 2 aromatic rings. The molecular formula is C17H18F2N2O3. The van der Waals surface area contributed by atoms with Gasteiger partial charge in [0.1, 0.15) is 0 Å². The van der Waals surface area contributed by atoms with Crippen LogP contribution in [0.4, 0.5) is 8.78 Å². The van der Waals surface area contributed by atoms with Gasteiger partial charge in [0.2, 0.25) is 0 Å². The zero-order chi connectivity index (χ0) is 17.7. The molecule has 0 aliphatic rings. The topological polar surface area (TPSA) is 51.7 Å². The maximum atomic E-state index is 14.3. The summed E-state index contributed by atoms with van der Waals surface area (Å²) < 4.78 is 37.7. The van der Waals surface area contributed by atoms with Gasteiger partial charge in [-0.15, -0.1) is 0 Å². The number of methoxy groups -OCH3 is 2. The van der Waals surface area contributed by atoms with E-state index in [2.05, 4.69) is 9.72 Å². The van der Waals surface area contributed by atoms with Gasteiger partial charge >= 0.3 is 0 Å². The fourth-order valence-electron chi connectivity index (χ4n) is 2.34. The van der Waals surface area contributed by atoms with Crippen LogP contribution in [0.25, 0.3) is 0 Å². The van der Waals surface area contributed by atoms with Gasteiger partial charge in [0, 0.05) is 20.4 Å². The number of hydrogen-bond acceptors (Lipinski definition) is 4. The number of pyridine rings is 1. The standard InChI is InChI=1S/C17H18F2N2O3/c1-21(14(10-23-2)13-6-4-5-9-20-13)17(22)11-7-8-12(18)16(24-3)15(11)19/h4-9,14H,10H2,1-3H3. The van der Waals surface area contributed by atoms with Gasteiger partial charge in [-0.3, -0.25) is 9.78 Å². The van der Waals surface area contributed by atoms with Crippen LogP contribution in [0.5, 0.6) is 5.75 Å². The van der Waals surface area contributed by atoms with Gasteiger partial charge in [0.05, 0.1) is 31.0 Å². The van der Waals surface area contributed by atoms with E-state index >= 15 is 0 Å². The van der Waals surface area contributed by atoms with Gasteiger partial charge < -0.3 is 14.4 Å². The van der Waals surface area contributed by atoms with Crippen LogP contribution in [0.3, 0.4) is 0 Å². The van der Waals surface area contributed by atoms with Crippen LogP contribution in [-0.4, -0.2) is 43.7 Å². The van der Waals surface area contributed by atoms with Crippen LogP contribution in [-0.2, 0) is 4.74 Å². The smallest absolute Gasteiger partial charge is 0.257 e. The predicted molar refractivity (Wildman–Crippen MR) is 83.9 cm³/mol. The lowest BCUT2D eigenvalue weighted by atomic mass is 10.1. The molecule has 0 N–H and O–H groups in total. The zero-order valence-electron chi connectivity index (χ0n) is 13.6. The van der Waals surface area contributed by atoms with Gasteiger partial charge in [-0.05, 0) is 24.3 Å². The number of carbonyl (C=O) groups excluding carboxylic acids is 1. The number of benzene rings is 1. The van der Waals surface area contributed by atoms with Crippen LogP contribution in [0, 0.1) is 11.6 Å². The largest absolute Gasteiger partial charge is 0.491 e. The number of carbonyl (C=O) groups is 1. The highest BCUT2D eigenvalue weighted by Gasteiger charge is 2.27. The van der Waals surface area contributed by atoms with E-state index in [1.807, 2.05) is 0 Å². The molecule has 0 aliphatic carbocycles. The Hall–Kier alpha value is -2.54. The van der Waals surface area contributed by atoms with E-state index in [1.54, 1.807) is 24.4 Å². The van der Waals surface area contributed by atoms with Crippen molar-refractivity contribution >= 4 is 5.91 Å². The first kappa shape index (κ1) is 17.8. The van der Waals surface area contributed by atoms with Crippen molar-refractivity contribution in [1.82, 2.24) is 9.88 Å². The summed E-state index contributed by atoms with van der Waals surface area (Å²) in [5.74, 6) is -3.12. The van der Waals surface area contributed by atoms with Crippen molar-refractivity contribution in [3.05, 3.63) is 59.4 Å². The molecule has 1 aromatic heterocycles. The van der Waals surface area contributed by atoms with Crippen molar-refractivity contribution < 1.29 is 23.0 Å². The normalized spacial score (nSPS) is 11.9. The quantitative estimate of drug-likeness (QED) is 0.814. The van der Waals surface area contributed by atoms with Crippen LogP contribution in [0.2, 0.25) is 0 Å². The van der Waals surface area contributed by atoms with Crippen molar-refractivity contribution in [2.24, 2.45) is 0 Å². The first-order valence-corrected chi connectivity index (χ1v) is 7.20. The summed E-state index contributed by atoms with van der Waals surface area (Å²) in [6, 6.07) is 6.85. The third-order valence-electron chi connectivity index (χ3n) is 3.63. The molecule has 7 heteroatoms. The summed E-state index contributed by atoms with van der Waals surface area (Å²) in [7, 11) is 4.15. The van der Waals surface area contributed by atoms with Gasteiger partial charge in [-0.2, -0.15) is 0 Å². The second kappa shape index (κ2) is 7.83. The number of halogens is 2. The highest BCUT2D eigenvalue weighted by atomic mass is 19.1. The lowest BCUT2D eigenvalue weighted by Crippen LogP contribution is -2.34. The first-order chi connectivity index (χ1) is 11.5. The molecule has 24 heavy (non-hydrogen) atoms. The number of likely N-dealkylation sites (N-methyl/N-ethyl adjacent to an activating group) is 1. The molecule has 0 saturated heterocycles. The monoisotopic (exact) mass is 336 g/mol. The molecule has 0 saturated carbocycles. The first-order valence-electron chi connectivity index (χ1n) is 7.20. The fourth-order valence-corrected chi connectivity index (χ4v) is 2.34. The lowest BCUT2D eigenvalue weighted by molar-refractivity contribution is 0.0590. The molecule has 128 valence electrons. The summed E-state index contributed by atoms with van der Waals surface area (Å²) >= 11 is 0. The maximum absolute atomic E-state index is 14.3. The van der Waals surface area contributed by atoms with Gasteiger partial charge in [-0.25, -0.2) is 8.78 Å². The summed E-state index contributed by atoms with van der Waals surface area (Å²) in [5.41, 5.74) is 0.317. The molecule has 0 aliphatic heterocycles. The molecule has 1 amide bonds. The number of ether oxygens (including phenoxy) is 2. The van der Waals surface area contributed by atoms with Crippen molar-refractivity contribution in [2.45, 2.75) is 6.04 Å². The van der Waals surface area contributed by atoms with Crippen LogP contribution in [0.1, 0.15) is 22.1 Å². The Bertz CT molecular complexity index is 710. The minimum atomic E-state index is -1.04. The lowest BCUT2D eigenvalue weighted by Gasteiger charge is -2.27. The van der Waals surface area contributed by atoms with E-state index in [0.717, 1.165) is 19.2 Å². The SMILES string of the molecule is COCC(c1ccccn1)N(C)C(=O)c1ccc(F)c(OC)c1F. The molecule has 1 heterocycles. The van der Waals surface area contributed by atoms with Gasteiger partial charge in [0.25, 0.3) is 5.91 Å². The molecule has 1 atom stereocenters. The number of rotatable bonds is 6. The van der Waals surface area contributed by atoms with Gasteiger partial charge in [0.15, 0.2) is 17.4 Å². The Kier molecular flexibility index (Phi) is 5.81. The molecule has 1 aromatic carbocycles. The van der Waals surface area contributed by atoms with Crippen molar-refractivity contribution in [2.75, 3.05) is 27.9 Å². The summed E-state index contributed by atoms with van der Waals surface area (Å²) in [4.78, 5) is 18.2. The van der Waals surface area contributed by atoms with E-state index in [9.17, 15) is 13.6 Å². The number of nitrogens with zero attached hydrogens (tertiary/aromatic N) is 2. The van der Waals surface area contributed by atoms with Crippen molar-refractivity contribution in [1.29, 1.82) is 0 Å². The Morgan fingerprint density at radius 2 is 2.00 bits per heavy atom. The van der Waals surface area contributed by atoms with E-state index in [1.165, 1.54) is 19.1 Å². The molecular weight excluding hydrogens is 318 g/mol. The zero-order valence-corrected chi connectivity index (χ0v) is 13.6. The van der Waals surface area contributed by atoms with Crippen LogP contribution < -0.4 is 4.74 Å². The summed E-state index contributed by atoms with van der Waals surface area (Å²) in [5, 5.41) is 0. The highest BCUT2D eigenvalue weighted by molar-refractivity contribution is 5.95. The molecule has 0 spiro atoms. The van der Waals surface area contributed by atoms with E-state index in [0.29, 0.717) is 5.69 Å². The third-order valence-corrected chi connectivity index (χ3v) is 3.63. The van der Waals surface area contributed by atoms with Crippen LogP contribution in [0.15, 0.2) is 36.5 Å². The molecule has 0 bridgehead atoms. The molecule has 2 rings (SSSR count). The maximum Gasteiger partial charge on any atom is 0.257 e. The average molecular weight is 336 g/mol. The molecule has 0 radical (unpaired) electrons. The van der Waals surface area contributed by atoms with E-state index < -0.39 is 29.3 Å². The number of hydrogen-bond donors (Lipinski definition) is 0. The molecule has 5 nitrogen and oxygen atoms in total. The second-order valence-corrected chi connectivity index (χ2v) is 5.08. The molecule has 0 fully saturated rings. The number of aromatic nitrogens is 1. The number of amides is 1. The second-order valence-electron chi connectivity index (χ2n) is 5.08. The summed E-state index contributed by atoms with van der Waals surface area (Å²) in [6.07, 6.45) is 1.60. The minimum absolute atomic E-state index is 0.180. The minimum Gasteiger partial charge on any atom is -0.491 e. The Labute approximate surface area is 138 Å². The summed E-state index contributed by atoms with van der Waals surface area (Å²) in [6.45, 7) is 0.180. The van der Waals surface area contributed by atoms with E-state index in [4.69, 9.17) is 4.74 Å². The molecule has 1 unspecified atom stereocenters. The van der Waals surface area contributed by atoms with Crippen molar-refractivity contribution in [3.8, 4) is 5.75 Å². The predicted octanol–water partition coefficient (Wildman–Crippen LogP) is 2.83. The Balaban J connectivity index is 2.37. The third kappa shape index (κ3) is 3.51. The van der Waals surface area contributed by atoms with Crippen molar-refractivity contribution in [3.63, 3.8) is 0 Å². The fraction of sp³-hybridized carbons (Fsp3) is 0.294. The van der Waals surface area contributed by atoms with Crippen LogP contribution >= 0.6 is 0 Å². The highest BCUT2D eigenvalue weighted by Crippen LogP contribution is 2.27.